The average Bonchev–Trinajstić information content (AvgIpc) is 3.38. The molecule has 5 aromatic rings. The summed E-state index contributed by atoms with van der Waals surface area (Å²) < 4.78 is 3.30. The van der Waals surface area contributed by atoms with Crippen molar-refractivity contribution in [2.75, 3.05) is 0 Å². The second kappa shape index (κ2) is 6.17. The first kappa shape index (κ1) is 15.4. The smallest absolute Gasteiger partial charge is 0.261 e. The highest BCUT2D eigenvalue weighted by atomic mass is 16.1. The normalized spacial score (nSPS) is 11.4. The van der Waals surface area contributed by atoms with Gasteiger partial charge in [0.2, 0.25) is 0 Å². The van der Waals surface area contributed by atoms with E-state index in [1.54, 1.807) is 34.0 Å². The molecule has 0 aliphatic rings. The average molecular weight is 357 g/mol. The molecule has 0 spiro atoms. The second-order valence-corrected chi connectivity index (χ2v) is 6.21. The van der Waals surface area contributed by atoms with E-state index < -0.39 is 0 Å². The van der Waals surface area contributed by atoms with Gasteiger partial charge in [-0.25, -0.2) is 9.97 Å². The van der Waals surface area contributed by atoms with Gasteiger partial charge in [0.1, 0.15) is 0 Å². The highest BCUT2D eigenvalue weighted by Gasteiger charge is 2.12. The zero-order valence-electron chi connectivity index (χ0n) is 14.3. The summed E-state index contributed by atoms with van der Waals surface area (Å²) >= 11 is 0. The first-order chi connectivity index (χ1) is 13.3. The molecule has 0 radical (unpaired) electrons. The Labute approximate surface area is 153 Å². The number of hydrogen-bond acceptors (Lipinski definition) is 5. The van der Waals surface area contributed by atoms with E-state index in [0.29, 0.717) is 35.5 Å². The molecule has 132 valence electrons. The van der Waals surface area contributed by atoms with Crippen LogP contribution in [0.25, 0.3) is 28.1 Å². The van der Waals surface area contributed by atoms with Crippen molar-refractivity contribution >= 4 is 16.7 Å². The van der Waals surface area contributed by atoms with Crippen molar-refractivity contribution in [1.82, 2.24) is 34.1 Å². The minimum atomic E-state index is -0.0989. The number of fused-ring (bicyclic) bond motifs is 3. The molecule has 5 rings (SSSR count). The molecule has 4 aromatic heterocycles. The van der Waals surface area contributed by atoms with E-state index in [1.165, 1.54) is 0 Å². The molecule has 0 aliphatic carbocycles. The predicted octanol–water partition coefficient (Wildman–Crippen LogP) is 2.07. The standard InChI is InChI=1S/C19H15N7O/c27-18-15-11-21-19-23-17(13-4-2-1-3-5-13)24-26(19)16(15)7-9-25(18)8-6-14-10-20-12-22-14/h1-5,7,9-12H,6,8H2,(H,20,22). The number of aromatic amines is 1. The molecule has 0 amide bonds. The molecule has 0 aliphatic heterocycles. The van der Waals surface area contributed by atoms with Crippen molar-refractivity contribution in [3.05, 3.63) is 77.4 Å². The van der Waals surface area contributed by atoms with Crippen molar-refractivity contribution in [2.24, 2.45) is 0 Å². The number of aryl methyl sites for hydroxylation is 2. The number of H-pyrrole nitrogens is 1. The summed E-state index contributed by atoms with van der Waals surface area (Å²) in [5.74, 6) is 1.05. The van der Waals surface area contributed by atoms with Crippen LogP contribution < -0.4 is 5.56 Å². The van der Waals surface area contributed by atoms with Gasteiger partial charge in [0.15, 0.2) is 5.82 Å². The Morgan fingerprint density at radius 2 is 1.96 bits per heavy atom. The zero-order valence-corrected chi connectivity index (χ0v) is 14.3. The first-order valence-corrected chi connectivity index (χ1v) is 8.57. The van der Waals surface area contributed by atoms with E-state index in [9.17, 15) is 4.79 Å². The molecule has 1 N–H and O–H groups in total. The van der Waals surface area contributed by atoms with E-state index in [4.69, 9.17) is 0 Å². The Bertz CT molecular complexity index is 1290. The van der Waals surface area contributed by atoms with Gasteiger partial charge >= 0.3 is 0 Å². The number of nitrogens with zero attached hydrogens (tertiary/aromatic N) is 6. The van der Waals surface area contributed by atoms with Crippen LogP contribution in [0.4, 0.5) is 0 Å². The van der Waals surface area contributed by atoms with Crippen LogP contribution in [-0.4, -0.2) is 34.1 Å². The highest BCUT2D eigenvalue weighted by molar-refractivity contribution is 5.79. The van der Waals surface area contributed by atoms with Gasteiger partial charge in [-0.05, 0) is 6.07 Å². The minimum Gasteiger partial charge on any atom is -0.348 e. The summed E-state index contributed by atoms with van der Waals surface area (Å²) in [5, 5.41) is 5.06. The van der Waals surface area contributed by atoms with Gasteiger partial charge in [-0.2, -0.15) is 9.50 Å². The van der Waals surface area contributed by atoms with Crippen molar-refractivity contribution in [1.29, 1.82) is 0 Å². The molecule has 0 bridgehead atoms. The molecule has 0 saturated heterocycles. The Hall–Kier alpha value is -3.81. The Morgan fingerprint density at radius 3 is 2.78 bits per heavy atom. The molecule has 1 aromatic carbocycles. The predicted molar refractivity (Wildman–Crippen MR) is 100 cm³/mol. The largest absolute Gasteiger partial charge is 0.348 e. The zero-order chi connectivity index (χ0) is 18.2. The van der Waals surface area contributed by atoms with Crippen molar-refractivity contribution in [2.45, 2.75) is 13.0 Å². The Kier molecular flexibility index (Phi) is 3.53. The van der Waals surface area contributed by atoms with Gasteiger partial charge < -0.3 is 9.55 Å². The van der Waals surface area contributed by atoms with Gasteiger partial charge in [0.05, 0.1) is 17.2 Å². The van der Waals surface area contributed by atoms with Crippen molar-refractivity contribution in [3.8, 4) is 11.4 Å². The molecule has 0 fully saturated rings. The number of imidazole rings is 1. The molecule has 0 atom stereocenters. The maximum atomic E-state index is 12.8. The van der Waals surface area contributed by atoms with Crippen LogP contribution in [0.2, 0.25) is 0 Å². The molecule has 0 saturated carbocycles. The van der Waals surface area contributed by atoms with Gasteiger partial charge in [-0.1, -0.05) is 30.3 Å². The maximum absolute atomic E-state index is 12.8. The molecule has 0 unspecified atom stereocenters. The van der Waals surface area contributed by atoms with Crippen LogP contribution in [0.15, 0.2) is 66.1 Å². The second-order valence-electron chi connectivity index (χ2n) is 6.21. The topological polar surface area (TPSA) is 93.8 Å². The third-order valence-electron chi connectivity index (χ3n) is 4.52. The number of benzene rings is 1. The third kappa shape index (κ3) is 2.67. The lowest BCUT2D eigenvalue weighted by Crippen LogP contribution is -2.21. The molecule has 4 heterocycles. The highest BCUT2D eigenvalue weighted by Crippen LogP contribution is 2.17. The summed E-state index contributed by atoms with van der Waals surface area (Å²) in [4.78, 5) is 28.7. The van der Waals surface area contributed by atoms with Crippen LogP contribution in [0.3, 0.4) is 0 Å². The monoisotopic (exact) mass is 357 g/mol. The summed E-state index contributed by atoms with van der Waals surface area (Å²) in [6.45, 7) is 0.557. The first-order valence-electron chi connectivity index (χ1n) is 8.57. The van der Waals surface area contributed by atoms with E-state index in [1.807, 2.05) is 36.4 Å². The fourth-order valence-electron chi connectivity index (χ4n) is 3.11. The fraction of sp³-hybridized carbons (Fsp3) is 0.105. The van der Waals surface area contributed by atoms with E-state index in [-0.39, 0.29) is 5.56 Å². The van der Waals surface area contributed by atoms with Gasteiger partial charge in [-0.3, -0.25) is 4.79 Å². The number of pyridine rings is 1. The number of aromatic nitrogens is 7. The summed E-state index contributed by atoms with van der Waals surface area (Å²) in [6.07, 6.45) is 7.45. The minimum absolute atomic E-state index is 0.0989. The summed E-state index contributed by atoms with van der Waals surface area (Å²) in [6, 6.07) is 11.6. The van der Waals surface area contributed by atoms with Crippen LogP contribution in [0, 0.1) is 0 Å². The number of hydrogen-bond donors (Lipinski definition) is 1. The molecule has 8 nitrogen and oxygen atoms in total. The van der Waals surface area contributed by atoms with Gasteiger partial charge in [0, 0.05) is 42.8 Å². The lowest BCUT2D eigenvalue weighted by atomic mass is 10.2. The molecule has 27 heavy (non-hydrogen) atoms. The molecular formula is C19H15N7O. The lowest BCUT2D eigenvalue weighted by molar-refractivity contribution is 0.666. The summed E-state index contributed by atoms with van der Waals surface area (Å²) in [7, 11) is 0. The maximum Gasteiger partial charge on any atom is 0.261 e. The number of rotatable bonds is 4. The fourth-order valence-corrected chi connectivity index (χ4v) is 3.11. The molecular weight excluding hydrogens is 342 g/mol. The van der Waals surface area contributed by atoms with Gasteiger partial charge in [0.25, 0.3) is 11.3 Å². The Balaban J connectivity index is 1.58. The molecule has 8 heteroatoms. The van der Waals surface area contributed by atoms with E-state index in [0.717, 1.165) is 11.3 Å². The lowest BCUT2D eigenvalue weighted by Gasteiger charge is -2.06. The van der Waals surface area contributed by atoms with Crippen LogP contribution in [0.1, 0.15) is 5.69 Å². The van der Waals surface area contributed by atoms with Crippen LogP contribution in [-0.2, 0) is 13.0 Å². The SMILES string of the molecule is O=c1c2cnc3nc(-c4ccccc4)nn3c2ccn1CCc1cnc[nH]1. The quantitative estimate of drug-likeness (QED) is 0.531. The number of nitrogens with one attached hydrogen (secondary N) is 1. The van der Waals surface area contributed by atoms with E-state index in [2.05, 4.69) is 25.0 Å². The third-order valence-corrected chi connectivity index (χ3v) is 4.52. The van der Waals surface area contributed by atoms with Crippen molar-refractivity contribution in [3.63, 3.8) is 0 Å². The summed E-state index contributed by atoms with van der Waals surface area (Å²) in [5.41, 5.74) is 2.49. The van der Waals surface area contributed by atoms with Crippen LogP contribution >= 0.6 is 0 Å². The Morgan fingerprint density at radius 1 is 1.07 bits per heavy atom. The van der Waals surface area contributed by atoms with Crippen LogP contribution in [0.5, 0.6) is 0 Å². The van der Waals surface area contributed by atoms with Crippen molar-refractivity contribution < 1.29 is 0 Å². The van der Waals surface area contributed by atoms with Gasteiger partial charge in [-0.15, -0.1) is 5.10 Å². The van der Waals surface area contributed by atoms with E-state index >= 15 is 0 Å².